The zero-order valence-electron chi connectivity index (χ0n) is 12.0. The van der Waals surface area contributed by atoms with Crippen LogP contribution in [0.1, 0.15) is 19.4 Å². The van der Waals surface area contributed by atoms with Crippen LogP contribution < -0.4 is 11.1 Å². The number of ether oxygens (including phenoxy) is 1. The number of carbonyl (C=O) groups excluding carboxylic acids is 1. The summed E-state index contributed by atoms with van der Waals surface area (Å²) < 4.78 is 5.04. The van der Waals surface area contributed by atoms with E-state index in [2.05, 4.69) is 10.5 Å². The number of nitrogens with one attached hydrogen (secondary N) is 1. The lowest BCUT2D eigenvalue weighted by Crippen LogP contribution is -2.42. The van der Waals surface area contributed by atoms with Crippen LogP contribution in [0, 0.1) is 5.41 Å². The number of hydrogen-bond acceptors (Lipinski definition) is 4. The van der Waals surface area contributed by atoms with Gasteiger partial charge in [-0.1, -0.05) is 23.4 Å². The SMILES string of the molecule is COCCc1ccccc1NC(=O)C(C)(C)/C(N)=N/O. The lowest BCUT2D eigenvalue weighted by atomic mass is 9.90. The molecule has 0 heterocycles. The monoisotopic (exact) mass is 279 g/mol. The minimum Gasteiger partial charge on any atom is -0.409 e. The molecule has 0 aliphatic rings. The number of nitrogens with two attached hydrogens (primary N) is 1. The van der Waals surface area contributed by atoms with Crippen LogP contribution in [0.3, 0.4) is 0 Å². The van der Waals surface area contributed by atoms with Gasteiger partial charge in [-0.3, -0.25) is 4.79 Å². The van der Waals surface area contributed by atoms with E-state index in [0.717, 1.165) is 5.56 Å². The zero-order chi connectivity index (χ0) is 15.2. The Morgan fingerprint density at radius 2 is 2.10 bits per heavy atom. The number of rotatable bonds is 6. The van der Waals surface area contributed by atoms with E-state index in [1.54, 1.807) is 21.0 Å². The summed E-state index contributed by atoms with van der Waals surface area (Å²) in [4.78, 5) is 12.2. The fourth-order valence-electron chi connectivity index (χ4n) is 1.59. The second-order valence-corrected chi connectivity index (χ2v) is 4.96. The minimum absolute atomic E-state index is 0.135. The Labute approximate surface area is 118 Å². The Hall–Kier alpha value is -2.08. The fraction of sp³-hybridized carbons (Fsp3) is 0.429. The summed E-state index contributed by atoms with van der Waals surface area (Å²) in [6.07, 6.45) is 0.691. The molecule has 0 radical (unpaired) electrons. The predicted octanol–water partition coefficient (Wildman–Crippen LogP) is 1.59. The number of benzene rings is 1. The molecule has 0 fully saturated rings. The summed E-state index contributed by atoms with van der Waals surface area (Å²) in [7, 11) is 1.63. The van der Waals surface area contributed by atoms with Gasteiger partial charge in [0.25, 0.3) is 0 Å². The molecule has 0 atom stereocenters. The molecule has 0 aliphatic carbocycles. The molecule has 1 rings (SSSR count). The Morgan fingerprint density at radius 3 is 2.70 bits per heavy atom. The number of amidine groups is 1. The average Bonchev–Trinajstić information content (AvgIpc) is 2.45. The van der Waals surface area contributed by atoms with Crippen molar-refractivity contribution >= 4 is 17.4 Å². The van der Waals surface area contributed by atoms with Crippen molar-refractivity contribution < 1.29 is 14.7 Å². The van der Waals surface area contributed by atoms with Gasteiger partial charge in [0.05, 0.1) is 6.61 Å². The number of para-hydroxylation sites is 1. The first kappa shape index (κ1) is 16.0. The highest BCUT2D eigenvalue weighted by molar-refractivity contribution is 6.11. The minimum atomic E-state index is -1.09. The van der Waals surface area contributed by atoms with Gasteiger partial charge in [-0.2, -0.15) is 0 Å². The van der Waals surface area contributed by atoms with Crippen LogP contribution >= 0.6 is 0 Å². The van der Waals surface area contributed by atoms with E-state index in [4.69, 9.17) is 15.7 Å². The van der Waals surface area contributed by atoms with Crippen LogP contribution in [0.2, 0.25) is 0 Å². The second-order valence-electron chi connectivity index (χ2n) is 4.96. The van der Waals surface area contributed by atoms with E-state index < -0.39 is 5.41 Å². The molecule has 1 amide bonds. The molecular weight excluding hydrogens is 258 g/mol. The molecule has 1 aromatic rings. The quantitative estimate of drug-likeness (QED) is 0.319. The molecule has 0 saturated carbocycles. The number of amides is 1. The third-order valence-electron chi connectivity index (χ3n) is 3.16. The standard InChI is InChI=1S/C14H21N3O3/c1-14(2,12(15)17-19)13(18)16-11-7-5-4-6-10(11)8-9-20-3/h4-7,19H,8-9H2,1-3H3,(H2,15,17)(H,16,18). The Kier molecular flexibility index (Phi) is 5.52. The highest BCUT2D eigenvalue weighted by Gasteiger charge is 2.33. The normalized spacial score (nSPS) is 12.2. The van der Waals surface area contributed by atoms with Crippen LogP contribution in [0.25, 0.3) is 0 Å². The number of oxime groups is 1. The summed E-state index contributed by atoms with van der Waals surface area (Å²) in [6.45, 7) is 3.75. The summed E-state index contributed by atoms with van der Waals surface area (Å²) in [5.41, 5.74) is 6.12. The van der Waals surface area contributed by atoms with Gasteiger partial charge in [0, 0.05) is 12.8 Å². The lowest BCUT2D eigenvalue weighted by Gasteiger charge is -2.22. The fourth-order valence-corrected chi connectivity index (χ4v) is 1.59. The predicted molar refractivity (Wildman–Crippen MR) is 77.8 cm³/mol. The maximum absolute atomic E-state index is 12.2. The van der Waals surface area contributed by atoms with E-state index in [1.165, 1.54) is 0 Å². The van der Waals surface area contributed by atoms with Gasteiger partial charge in [0.15, 0.2) is 5.84 Å². The highest BCUT2D eigenvalue weighted by atomic mass is 16.5. The van der Waals surface area contributed by atoms with Crippen molar-refractivity contribution in [3.05, 3.63) is 29.8 Å². The number of hydrogen-bond donors (Lipinski definition) is 3. The molecule has 6 nitrogen and oxygen atoms in total. The largest absolute Gasteiger partial charge is 0.409 e. The van der Waals surface area contributed by atoms with Crippen LogP contribution in [0.5, 0.6) is 0 Å². The Balaban J connectivity index is 2.91. The molecule has 4 N–H and O–H groups in total. The molecule has 0 bridgehead atoms. The van der Waals surface area contributed by atoms with Gasteiger partial charge >= 0.3 is 0 Å². The molecule has 0 spiro atoms. The van der Waals surface area contributed by atoms with E-state index in [9.17, 15) is 4.79 Å². The molecule has 6 heteroatoms. The van der Waals surface area contributed by atoms with Crippen LogP contribution in [-0.2, 0) is 16.0 Å². The van der Waals surface area contributed by atoms with Crippen LogP contribution in [0.15, 0.2) is 29.4 Å². The first-order valence-corrected chi connectivity index (χ1v) is 6.29. The first-order chi connectivity index (χ1) is 9.43. The number of methoxy groups -OCH3 is 1. The molecule has 1 aromatic carbocycles. The topological polar surface area (TPSA) is 96.9 Å². The molecule has 20 heavy (non-hydrogen) atoms. The van der Waals surface area contributed by atoms with Crippen molar-refractivity contribution in [1.29, 1.82) is 0 Å². The molecule has 110 valence electrons. The van der Waals surface area contributed by atoms with Crippen LogP contribution in [0.4, 0.5) is 5.69 Å². The van der Waals surface area contributed by atoms with Gasteiger partial charge < -0.3 is 21.0 Å². The third kappa shape index (κ3) is 3.71. The van der Waals surface area contributed by atoms with Gasteiger partial charge in [-0.25, -0.2) is 0 Å². The third-order valence-corrected chi connectivity index (χ3v) is 3.16. The summed E-state index contributed by atoms with van der Waals surface area (Å²) in [5, 5.41) is 14.4. The average molecular weight is 279 g/mol. The van der Waals surface area contributed by atoms with E-state index in [1.807, 2.05) is 24.3 Å². The zero-order valence-corrected chi connectivity index (χ0v) is 12.0. The van der Waals surface area contributed by atoms with Crippen molar-refractivity contribution in [3.8, 4) is 0 Å². The number of anilines is 1. The van der Waals surface area contributed by atoms with Crippen molar-refractivity contribution in [2.45, 2.75) is 20.3 Å². The van der Waals surface area contributed by atoms with Gasteiger partial charge in [0.2, 0.25) is 5.91 Å². The molecule has 0 aromatic heterocycles. The molecule has 0 unspecified atom stereocenters. The van der Waals surface area contributed by atoms with Crippen molar-refractivity contribution in [2.24, 2.45) is 16.3 Å². The van der Waals surface area contributed by atoms with Crippen LogP contribution in [-0.4, -0.2) is 30.7 Å². The second kappa shape index (κ2) is 6.91. The van der Waals surface area contributed by atoms with Gasteiger partial charge in [0.1, 0.15) is 5.41 Å². The van der Waals surface area contributed by atoms with Crippen molar-refractivity contribution in [3.63, 3.8) is 0 Å². The van der Waals surface area contributed by atoms with E-state index in [0.29, 0.717) is 18.7 Å². The molecule has 0 aliphatic heterocycles. The maximum Gasteiger partial charge on any atom is 0.237 e. The number of carbonyl (C=O) groups is 1. The summed E-state index contributed by atoms with van der Waals surface area (Å²) in [6, 6.07) is 7.47. The van der Waals surface area contributed by atoms with Gasteiger partial charge in [-0.05, 0) is 31.9 Å². The first-order valence-electron chi connectivity index (χ1n) is 6.29. The van der Waals surface area contributed by atoms with E-state index >= 15 is 0 Å². The van der Waals surface area contributed by atoms with E-state index in [-0.39, 0.29) is 11.7 Å². The lowest BCUT2D eigenvalue weighted by molar-refractivity contribution is -0.121. The smallest absolute Gasteiger partial charge is 0.237 e. The van der Waals surface area contributed by atoms with Crippen molar-refractivity contribution in [1.82, 2.24) is 0 Å². The van der Waals surface area contributed by atoms with Crippen molar-refractivity contribution in [2.75, 3.05) is 19.0 Å². The number of nitrogens with zero attached hydrogens (tertiary/aromatic N) is 1. The summed E-state index contributed by atoms with van der Waals surface area (Å²) >= 11 is 0. The van der Waals surface area contributed by atoms with Gasteiger partial charge in [-0.15, -0.1) is 0 Å². The summed E-state index contributed by atoms with van der Waals surface area (Å²) in [5.74, 6) is -0.470. The molecule has 0 saturated heterocycles. The Morgan fingerprint density at radius 1 is 1.45 bits per heavy atom. The molecular formula is C14H21N3O3. The highest BCUT2D eigenvalue weighted by Crippen LogP contribution is 2.21. The maximum atomic E-state index is 12.2. The Bertz CT molecular complexity index is 498.